The average Bonchev–Trinajstić information content (AvgIpc) is 3.32. The van der Waals surface area contributed by atoms with Gasteiger partial charge in [-0.15, -0.1) is 0 Å². The molecule has 0 radical (unpaired) electrons. The van der Waals surface area contributed by atoms with Gasteiger partial charge in [0.1, 0.15) is 22.9 Å². The number of ether oxygens (including phenoxy) is 1. The molecule has 2 N–H and O–H groups in total. The van der Waals surface area contributed by atoms with Crippen LogP contribution in [0.5, 0.6) is 5.75 Å². The van der Waals surface area contributed by atoms with Crippen LogP contribution in [0.25, 0.3) is 17.0 Å². The summed E-state index contributed by atoms with van der Waals surface area (Å²) in [5, 5.41) is 6.64. The van der Waals surface area contributed by atoms with Gasteiger partial charge in [0.2, 0.25) is 0 Å². The summed E-state index contributed by atoms with van der Waals surface area (Å²) < 4.78 is 30.8. The molecule has 0 saturated carbocycles. The van der Waals surface area contributed by atoms with E-state index in [2.05, 4.69) is 30.3 Å². The lowest BCUT2D eigenvalue weighted by Crippen LogP contribution is -2.22. The lowest BCUT2D eigenvalue weighted by atomic mass is 10.2. The van der Waals surface area contributed by atoms with E-state index < -0.39 is 6.61 Å². The molecular weight excluding hydrogens is 354 g/mol. The maximum absolute atomic E-state index is 12.3. The molecule has 7 nitrogen and oxygen atoms in total. The van der Waals surface area contributed by atoms with Gasteiger partial charge in [0.15, 0.2) is 0 Å². The van der Waals surface area contributed by atoms with Crippen LogP contribution in [0.15, 0.2) is 36.9 Å². The van der Waals surface area contributed by atoms with Crippen molar-refractivity contribution in [3.05, 3.63) is 36.9 Å². The normalized spacial score (nSPS) is 16.3. The Morgan fingerprint density at radius 3 is 2.89 bits per heavy atom. The van der Waals surface area contributed by atoms with Gasteiger partial charge in [0.05, 0.1) is 24.3 Å². The smallest absolute Gasteiger partial charge is 0.387 e. The van der Waals surface area contributed by atoms with Crippen molar-refractivity contribution in [2.24, 2.45) is 0 Å². The van der Waals surface area contributed by atoms with E-state index in [1.165, 1.54) is 12.1 Å². The van der Waals surface area contributed by atoms with Crippen molar-refractivity contribution in [3.63, 3.8) is 0 Å². The van der Waals surface area contributed by atoms with Crippen molar-refractivity contribution in [2.45, 2.75) is 32.9 Å². The van der Waals surface area contributed by atoms with Gasteiger partial charge in [-0.05, 0) is 19.0 Å². The second kappa shape index (κ2) is 8.72. The van der Waals surface area contributed by atoms with Crippen LogP contribution in [0.3, 0.4) is 0 Å². The predicted octanol–water partition coefficient (Wildman–Crippen LogP) is 3.19. The van der Waals surface area contributed by atoms with Crippen LogP contribution < -0.4 is 15.4 Å². The number of nitrogens with one attached hydrogen (secondary N) is 2. The van der Waals surface area contributed by atoms with E-state index >= 15 is 0 Å². The van der Waals surface area contributed by atoms with Crippen molar-refractivity contribution in [1.82, 2.24) is 24.7 Å². The van der Waals surface area contributed by atoms with Gasteiger partial charge >= 0.3 is 6.61 Å². The molecule has 0 spiro atoms. The van der Waals surface area contributed by atoms with E-state index in [-0.39, 0.29) is 5.75 Å². The fourth-order valence-electron chi connectivity index (χ4n) is 2.87. The van der Waals surface area contributed by atoms with Crippen LogP contribution in [0.1, 0.15) is 20.3 Å². The summed E-state index contributed by atoms with van der Waals surface area (Å²) in [5.74, 6) is 0.758. The summed E-state index contributed by atoms with van der Waals surface area (Å²) >= 11 is 0. The molecule has 1 unspecified atom stereocenters. The van der Waals surface area contributed by atoms with E-state index in [0.717, 1.165) is 25.2 Å². The molecule has 1 aliphatic heterocycles. The third-order valence-corrected chi connectivity index (χ3v) is 4.02. The number of hydrogen-bond acceptors (Lipinski definition) is 6. The third kappa shape index (κ3) is 4.48. The first-order valence-electron chi connectivity index (χ1n) is 8.90. The molecule has 0 amide bonds. The molecule has 1 saturated heterocycles. The van der Waals surface area contributed by atoms with Gasteiger partial charge in [-0.1, -0.05) is 13.8 Å². The number of nitrogens with zero attached hydrogens (tertiary/aromatic N) is 4. The minimum atomic E-state index is -2.87. The van der Waals surface area contributed by atoms with Gasteiger partial charge in [0, 0.05) is 24.8 Å². The third-order valence-electron chi connectivity index (χ3n) is 4.02. The minimum Gasteiger partial charge on any atom is -0.435 e. The SMILES string of the molecule is CC.FC(F)Oc1ccn2c(-c3cncc(NC4CCNC4)n3)cnc2c1. The molecule has 1 atom stereocenters. The van der Waals surface area contributed by atoms with Crippen LogP contribution in [0.2, 0.25) is 0 Å². The summed E-state index contributed by atoms with van der Waals surface area (Å²) in [4.78, 5) is 13.1. The first kappa shape index (κ1) is 19.0. The van der Waals surface area contributed by atoms with Crippen molar-refractivity contribution in [1.29, 1.82) is 0 Å². The van der Waals surface area contributed by atoms with E-state index in [4.69, 9.17) is 0 Å². The number of hydrogen-bond donors (Lipinski definition) is 2. The maximum Gasteiger partial charge on any atom is 0.387 e. The highest BCUT2D eigenvalue weighted by Gasteiger charge is 2.16. The topological polar surface area (TPSA) is 76.4 Å². The highest BCUT2D eigenvalue weighted by atomic mass is 19.3. The van der Waals surface area contributed by atoms with Gasteiger partial charge in [0.25, 0.3) is 0 Å². The van der Waals surface area contributed by atoms with Crippen LogP contribution >= 0.6 is 0 Å². The molecule has 27 heavy (non-hydrogen) atoms. The Morgan fingerprint density at radius 1 is 1.30 bits per heavy atom. The fraction of sp³-hybridized carbons (Fsp3) is 0.389. The van der Waals surface area contributed by atoms with Crippen molar-refractivity contribution < 1.29 is 13.5 Å². The Hall–Kier alpha value is -2.81. The molecule has 0 aromatic carbocycles. The Morgan fingerprint density at radius 2 is 2.15 bits per heavy atom. The number of alkyl halides is 2. The first-order chi connectivity index (χ1) is 13.2. The zero-order chi connectivity index (χ0) is 19.2. The van der Waals surface area contributed by atoms with Crippen LogP contribution in [0, 0.1) is 0 Å². The molecule has 1 fully saturated rings. The maximum atomic E-state index is 12.3. The van der Waals surface area contributed by atoms with Crippen molar-refractivity contribution in [2.75, 3.05) is 18.4 Å². The first-order valence-corrected chi connectivity index (χ1v) is 8.90. The number of anilines is 1. The second-order valence-electron chi connectivity index (χ2n) is 5.74. The molecule has 0 aliphatic carbocycles. The highest BCUT2D eigenvalue weighted by molar-refractivity contribution is 5.61. The molecule has 1 aliphatic rings. The number of rotatable bonds is 5. The number of imidazole rings is 1. The van der Waals surface area contributed by atoms with Crippen LogP contribution in [-0.2, 0) is 0 Å². The number of pyridine rings is 1. The number of halogens is 2. The van der Waals surface area contributed by atoms with Gasteiger partial charge in [-0.25, -0.2) is 9.97 Å². The van der Waals surface area contributed by atoms with E-state index in [9.17, 15) is 8.78 Å². The monoisotopic (exact) mass is 376 g/mol. The number of fused-ring (bicyclic) bond motifs is 1. The Kier molecular flexibility index (Phi) is 6.12. The van der Waals surface area contributed by atoms with E-state index in [0.29, 0.717) is 23.2 Å². The van der Waals surface area contributed by atoms with Gasteiger partial charge in [-0.2, -0.15) is 8.78 Å². The lowest BCUT2D eigenvalue weighted by molar-refractivity contribution is -0.0498. The average molecular weight is 376 g/mol. The Labute approximate surface area is 155 Å². The van der Waals surface area contributed by atoms with Crippen LogP contribution in [-0.4, -0.2) is 45.1 Å². The Bertz CT molecular complexity index is 879. The molecular formula is C18H22F2N6O. The lowest BCUT2D eigenvalue weighted by Gasteiger charge is -2.12. The largest absolute Gasteiger partial charge is 0.435 e. The molecule has 3 aromatic heterocycles. The van der Waals surface area contributed by atoms with Gasteiger partial charge in [-0.3, -0.25) is 9.38 Å². The Balaban J connectivity index is 0.00000102. The summed E-state index contributed by atoms with van der Waals surface area (Å²) in [7, 11) is 0. The number of aromatic nitrogens is 4. The molecule has 4 heterocycles. The summed E-state index contributed by atoms with van der Waals surface area (Å²) in [6, 6.07) is 3.25. The summed E-state index contributed by atoms with van der Waals surface area (Å²) in [6.45, 7) is 3.02. The van der Waals surface area contributed by atoms with Crippen molar-refractivity contribution >= 4 is 11.5 Å². The zero-order valence-corrected chi connectivity index (χ0v) is 15.2. The highest BCUT2D eigenvalue weighted by Crippen LogP contribution is 2.23. The van der Waals surface area contributed by atoms with E-state index in [1.54, 1.807) is 29.2 Å². The van der Waals surface area contributed by atoms with Crippen LogP contribution in [0.4, 0.5) is 14.6 Å². The summed E-state index contributed by atoms with van der Waals surface area (Å²) in [5.41, 5.74) is 1.86. The molecule has 144 valence electrons. The predicted molar refractivity (Wildman–Crippen MR) is 99.1 cm³/mol. The quantitative estimate of drug-likeness (QED) is 0.712. The summed E-state index contributed by atoms with van der Waals surface area (Å²) in [6.07, 6.45) is 7.61. The molecule has 9 heteroatoms. The zero-order valence-electron chi connectivity index (χ0n) is 15.2. The second-order valence-corrected chi connectivity index (χ2v) is 5.74. The standard InChI is InChI=1S/C16H16F2N6O.C2H6/c17-16(18)25-11-2-4-24-13(8-21-15(24)5-11)12-7-20-9-14(23-12)22-10-1-3-19-6-10;1-2/h2,4-5,7-10,16,19H,1,3,6H2,(H,22,23);1-2H3. The molecule has 3 aromatic rings. The van der Waals surface area contributed by atoms with Gasteiger partial charge < -0.3 is 15.4 Å². The fourth-order valence-corrected chi connectivity index (χ4v) is 2.87. The van der Waals surface area contributed by atoms with E-state index in [1.807, 2.05) is 13.8 Å². The molecule has 4 rings (SSSR count). The van der Waals surface area contributed by atoms with Crippen molar-refractivity contribution in [3.8, 4) is 17.1 Å². The molecule has 0 bridgehead atoms. The minimum absolute atomic E-state index is 0.0647.